The van der Waals surface area contributed by atoms with Gasteiger partial charge in [-0.05, 0) is 42.8 Å². The first-order chi connectivity index (χ1) is 14.0. The first kappa shape index (κ1) is 17.3. The number of rotatable bonds is 2. The van der Waals surface area contributed by atoms with Crippen molar-refractivity contribution in [3.05, 3.63) is 105 Å². The lowest BCUT2D eigenvalue weighted by molar-refractivity contribution is 0.0970. The zero-order valence-corrected chi connectivity index (χ0v) is 15.4. The normalized spacial score (nSPS) is 15.7. The van der Waals surface area contributed by atoms with Gasteiger partial charge in [0.05, 0.1) is 17.0 Å². The van der Waals surface area contributed by atoms with Crippen molar-refractivity contribution in [3.63, 3.8) is 0 Å². The van der Waals surface area contributed by atoms with Gasteiger partial charge < -0.3 is 4.42 Å². The minimum absolute atomic E-state index is 0.0359. The molecule has 5 nitrogen and oxygen atoms in total. The largest absolute Gasteiger partial charge is 0.450 e. The number of aromatic nitrogens is 1. The molecule has 0 bridgehead atoms. The summed E-state index contributed by atoms with van der Waals surface area (Å²) in [4.78, 5) is 32.6. The van der Waals surface area contributed by atoms with Crippen molar-refractivity contribution in [1.29, 1.82) is 0 Å². The number of anilines is 1. The Morgan fingerprint density at radius 3 is 2.55 bits per heavy atom. The fraction of sp³-hybridized carbons (Fsp3) is 0.0870. The van der Waals surface area contributed by atoms with Crippen molar-refractivity contribution in [2.75, 3.05) is 4.90 Å². The van der Waals surface area contributed by atoms with E-state index in [0.717, 1.165) is 17.3 Å². The fourth-order valence-electron chi connectivity index (χ4n) is 3.79. The minimum atomic E-state index is -0.711. The molecule has 5 rings (SSSR count). The first-order valence-electron chi connectivity index (χ1n) is 9.13. The van der Waals surface area contributed by atoms with Crippen LogP contribution in [0.3, 0.4) is 0 Å². The molecule has 1 aliphatic heterocycles. The molecule has 2 aromatic heterocycles. The van der Waals surface area contributed by atoms with Gasteiger partial charge in [-0.15, -0.1) is 0 Å². The van der Waals surface area contributed by atoms with Gasteiger partial charge in [-0.3, -0.25) is 14.5 Å². The summed E-state index contributed by atoms with van der Waals surface area (Å²) in [5.41, 5.74) is 1.44. The Kier molecular flexibility index (Phi) is 3.81. The average molecular weight is 386 g/mol. The quantitative estimate of drug-likeness (QED) is 0.513. The number of aryl methyl sites for hydroxylation is 1. The Labute approximate surface area is 165 Å². The highest BCUT2D eigenvalue weighted by molar-refractivity contribution is 6.10. The standard InChI is InChI=1S/C23H15FN2O3/c1-13-6-5-9-18(25-13)26-20(14-7-3-2-4-8-14)19-21(27)16-12-15(24)10-11-17(16)29-22(19)23(26)28/h2-12,20H,1H3/t20-/m1/s1. The molecule has 1 amide bonds. The topological polar surface area (TPSA) is 63.4 Å². The molecule has 0 fully saturated rings. The van der Waals surface area contributed by atoms with Gasteiger partial charge in [0.1, 0.15) is 17.2 Å². The van der Waals surface area contributed by atoms with E-state index in [-0.39, 0.29) is 22.3 Å². The van der Waals surface area contributed by atoms with Gasteiger partial charge in [0.15, 0.2) is 5.43 Å². The van der Waals surface area contributed by atoms with Crippen LogP contribution in [0.15, 0.2) is 75.9 Å². The van der Waals surface area contributed by atoms with Gasteiger partial charge in [0.25, 0.3) is 5.91 Å². The molecule has 2 aromatic carbocycles. The molecule has 0 aliphatic carbocycles. The van der Waals surface area contributed by atoms with Crippen LogP contribution in [0, 0.1) is 12.7 Å². The maximum Gasteiger partial charge on any atom is 0.296 e. The van der Waals surface area contributed by atoms with E-state index in [4.69, 9.17) is 4.42 Å². The molecule has 1 atom stereocenters. The summed E-state index contributed by atoms with van der Waals surface area (Å²) in [6.07, 6.45) is 0. The van der Waals surface area contributed by atoms with Gasteiger partial charge >= 0.3 is 0 Å². The second-order valence-electron chi connectivity index (χ2n) is 6.94. The zero-order valence-electron chi connectivity index (χ0n) is 15.4. The van der Waals surface area contributed by atoms with E-state index >= 15 is 0 Å². The van der Waals surface area contributed by atoms with Crippen molar-refractivity contribution < 1.29 is 13.6 Å². The summed E-state index contributed by atoms with van der Waals surface area (Å²) in [7, 11) is 0. The average Bonchev–Trinajstić information content (AvgIpc) is 3.02. The van der Waals surface area contributed by atoms with Crippen LogP contribution >= 0.6 is 0 Å². The Hall–Kier alpha value is -3.80. The van der Waals surface area contributed by atoms with Gasteiger partial charge in [-0.1, -0.05) is 36.4 Å². The molecule has 0 unspecified atom stereocenters. The number of hydrogen-bond donors (Lipinski definition) is 0. The van der Waals surface area contributed by atoms with Gasteiger partial charge in [-0.2, -0.15) is 0 Å². The lowest BCUT2D eigenvalue weighted by atomic mass is 9.98. The monoisotopic (exact) mass is 386 g/mol. The van der Waals surface area contributed by atoms with E-state index in [1.54, 1.807) is 12.1 Å². The van der Waals surface area contributed by atoms with E-state index in [1.807, 2.05) is 43.3 Å². The third kappa shape index (κ3) is 2.64. The summed E-state index contributed by atoms with van der Waals surface area (Å²) in [5.74, 6) is -0.603. The Balaban J connectivity index is 1.84. The van der Waals surface area contributed by atoms with Crippen LogP contribution in [0.4, 0.5) is 10.2 Å². The second-order valence-corrected chi connectivity index (χ2v) is 6.94. The van der Waals surface area contributed by atoms with Gasteiger partial charge in [-0.25, -0.2) is 9.37 Å². The highest BCUT2D eigenvalue weighted by Crippen LogP contribution is 2.40. The lowest BCUT2D eigenvalue weighted by Crippen LogP contribution is -2.30. The molecule has 0 radical (unpaired) electrons. The molecular formula is C23H15FN2O3. The number of fused-ring (bicyclic) bond motifs is 2. The Morgan fingerprint density at radius 1 is 1.00 bits per heavy atom. The fourth-order valence-corrected chi connectivity index (χ4v) is 3.79. The van der Waals surface area contributed by atoms with E-state index in [2.05, 4.69) is 4.98 Å². The van der Waals surface area contributed by atoms with Crippen LogP contribution < -0.4 is 10.3 Å². The number of hydrogen-bond acceptors (Lipinski definition) is 4. The summed E-state index contributed by atoms with van der Waals surface area (Å²) in [6, 6.07) is 17.5. The van der Waals surface area contributed by atoms with Crippen molar-refractivity contribution >= 4 is 22.7 Å². The summed E-state index contributed by atoms with van der Waals surface area (Å²) < 4.78 is 19.6. The van der Waals surface area contributed by atoms with Crippen LogP contribution in [0.2, 0.25) is 0 Å². The molecule has 0 saturated heterocycles. The number of benzene rings is 2. The SMILES string of the molecule is Cc1cccc(N2C(=O)c3oc4ccc(F)cc4c(=O)c3[C@H]2c2ccccc2)n1. The van der Waals surface area contributed by atoms with Gasteiger partial charge in [0, 0.05) is 5.69 Å². The van der Waals surface area contributed by atoms with Crippen LogP contribution in [0.1, 0.15) is 33.4 Å². The molecule has 142 valence electrons. The Morgan fingerprint density at radius 2 is 1.79 bits per heavy atom. The molecule has 3 heterocycles. The summed E-state index contributed by atoms with van der Waals surface area (Å²) in [6.45, 7) is 1.83. The van der Waals surface area contributed by atoms with E-state index in [1.165, 1.54) is 17.0 Å². The highest BCUT2D eigenvalue weighted by Gasteiger charge is 2.44. The van der Waals surface area contributed by atoms with Crippen LogP contribution in [-0.2, 0) is 0 Å². The molecular weight excluding hydrogens is 371 g/mol. The number of carbonyl (C=O) groups excluding carboxylic acids is 1. The molecule has 1 aliphatic rings. The molecule has 29 heavy (non-hydrogen) atoms. The molecule has 0 spiro atoms. The Bertz CT molecular complexity index is 1330. The van der Waals surface area contributed by atoms with E-state index in [0.29, 0.717) is 5.82 Å². The number of nitrogens with zero attached hydrogens (tertiary/aromatic N) is 2. The number of carbonyl (C=O) groups is 1. The van der Waals surface area contributed by atoms with Crippen molar-refractivity contribution in [1.82, 2.24) is 4.98 Å². The van der Waals surface area contributed by atoms with Crippen molar-refractivity contribution in [3.8, 4) is 0 Å². The minimum Gasteiger partial charge on any atom is -0.450 e. The van der Waals surface area contributed by atoms with Crippen LogP contribution in [0.25, 0.3) is 11.0 Å². The van der Waals surface area contributed by atoms with Gasteiger partial charge in [0.2, 0.25) is 5.76 Å². The summed E-state index contributed by atoms with van der Waals surface area (Å²) in [5, 5.41) is 0.108. The van der Waals surface area contributed by atoms with E-state index in [9.17, 15) is 14.0 Å². The van der Waals surface area contributed by atoms with Crippen molar-refractivity contribution in [2.45, 2.75) is 13.0 Å². The molecule has 0 saturated carbocycles. The number of pyridine rings is 1. The number of amides is 1. The van der Waals surface area contributed by atoms with Crippen LogP contribution in [-0.4, -0.2) is 10.9 Å². The van der Waals surface area contributed by atoms with Crippen molar-refractivity contribution in [2.24, 2.45) is 0 Å². The van der Waals surface area contributed by atoms with Crippen LogP contribution in [0.5, 0.6) is 0 Å². The highest BCUT2D eigenvalue weighted by atomic mass is 19.1. The zero-order chi connectivity index (χ0) is 20.1. The predicted molar refractivity (Wildman–Crippen MR) is 107 cm³/mol. The molecule has 6 heteroatoms. The lowest BCUT2D eigenvalue weighted by Gasteiger charge is -2.24. The predicted octanol–water partition coefficient (Wildman–Crippen LogP) is 4.39. The third-order valence-corrected chi connectivity index (χ3v) is 5.07. The van der Waals surface area contributed by atoms with E-state index < -0.39 is 23.2 Å². The second kappa shape index (κ2) is 6.38. The first-order valence-corrected chi connectivity index (χ1v) is 9.13. The molecule has 0 N–H and O–H groups in total. The summed E-state index contributed by atoms with van der Waals surface area (Å²) >= 11 is 0. The smallest absolute Gasteiger partial charge is 0.296 e. The maximum absolute atomic E-state index is 13.8. The molecule has 4 aromatic rings. The maximum atomic E-state index is 13.8. The third-order valence-electron chi connectivity index (χ3n) is 5.07. The number of halogens is 1.